The second-order valence-electron chi connectivity index (χ2n) is 2.28. The van der Waals surface area contributed by atoms with E-state index in [1.807, 2.05) is 17.8 Å². The third-order valence-corrected chi connectivity index (χ3v) is 1.84. The molecule has 0 aromatic rings. The smallest absolute Gasteiger partial charge is 0.0560 e. The Hall–Kier alpha value is 0.0500. The molecule has 0 aliphatic carbocycles. The third-order valence-electron chi connectivity index (χ3n) is 0.915. The maximum absolute atomic E-state index is 5.33. The molecule has 0 radical (unpaired) electrons. The fourth-order valence-electron chi connectivity index (χ4n) is 0.509. The van der Waals surface area contributed by atoms with Gasteiger partial charge in [-0.1, -0.05) is 6.08 Å². The Kier molecular flexibility index (Phi) is 7.20. The minimum atomic E-state index is 0.365. The molecule has 0 N–H and O–H groups in total. The van der Waals surface area contributed by atoms with Crippen LogP contribution in [0.4, 0.5) is 0 Å². The van der Waals surface area contributed by atoms with E-state index in [9.17, 15) is 0 Å². The average molecular weight is 160 g/mol. The van der Waals surface area contributed by atoms with Crippen molar-refractivity contribution in [2.24, 2.45) is 0 Å². The molecule has 0 aromatic carbocycles. The molecule has 60 valence electrons. The van der Waals surface area contributed by atoms with Crippen molar-refractivity contribution in [2.75, 3.05) is 18.1 Å². The highest BCUT2D eigenvalue weighted by Gasteiger charge is 1.91. The number of thioether (sulfide) groups is 1. The molecule has 0 aromatic heterocycles. The Balaban J connectivity index is 2.83. The molecule has 10 heavy (non-hydrogen) atoms. The zero-order chi connectivity index (χ0) is 7.82. The summed E-state index contributed by atoms with van der Waals surface area (Å²) < 4.78 is 5.33. The second-order valence-corrected chi connectivity index (χ2v) is 3.43. The maximum atomic E-state index is 5.33. The van der Waals surface area contributed by atoms with Gasteiger partial charge < -0.3 is 4.74 Å². The average Bonchev–Trinajstić information content (AvgIpc) is 1.87. The van der Waals surface area contributed by atoms with Crippen LogP contribution in [0, 0.1) is 0 Å². The van der Waals surface area contributed by atoms with Gasteiger partial charge in [0, 0.05) is 11.5 Å². The van der Waals surface area contributed by atoms with Gasteiger partial charge in [-0.25, -0.2) is 0 Å². The van der Waals surface area contributed by atoms with Gasteiger partial charge in [0.25, 0.3) is 0 Å². The van der Waals surface area contributed by atoms with E-state index in [-0.39, 0.29) is 0 Å². The lowest BCUT2D eigenvalue weighted by atomic mass is 10.5. The van der Waals surface area contributed by atoms with Crippen LogP contribution in [0.3, 0.4) is 0 Å². The first kappa shape index (κ1) is 10.0. The Morgan fingerprint density at radius 2 is 2.30 bits per heavy atom. The van der Waals surface area contributed by atoms with Gasteiger partial charge in [0.2, 0.25) is 0 Å². The van der Waals surface area contributed by atoms with Crippen LogP contribution in [0.15, 0.2) is 12.7 Å². The molecule has 0 saturated carbocycles. The number of rotatable bonds is 6. The first-order valence-electron chi connectivity index (χ1n) is 3.57. The molecule has 0 heterocycles. The van der Waals surface area contributed by atoms with E-state index < -0.39 is 0 Å². The van der Waals surface area contributed by atoms with Gasteiger partial charge >= 0.3 is 0 Å². The quantitative estimate of drug-likeness (QED) is 0.435. The summed E-state index contributed by atoms with van der Waals surface area (Å²) in [4.78, 5) is 0. The monoisotopic (exact) mass is 160 g/mol. The summed E-state index contributed by atoms with van der Waals surface area (Å²) in [5, 5.41) is 0. The zero-order valence-corrected chi connectivity index (χ0v) is 7.62. The van der Waals surface area contributed by atoms with Crippen LogP contribution in [0.25, 0.3) is 0 Å². The molecule has 0 atom stereocenters. The van der Waals surface area contributed by atoms with Crippen LogP contribution in [0.2, 0.25) is 0 Å². The highest BCUT2D eigenvalue weighted by molar-refractivity contribution is 7.99. The number of hydrogen-bond donors (Lipinski definition) is 0. The highest BCUT2D eigenvalue weighted by Crippen LogP contribution is 1.99. The summed E-state index contributed by atoms with van der Waals surface area (Å²) in [6.45, 7) is 8.60. The summed E-state index contributed by atoms with van der Waals surface area (Å²) in [5.41, 5.74) is 0. The van der Waals surface area contributed by atoms with E-state index >= 15 is 0 Å². The normalized spacial score (nSPS) is 10.3. The predicted molar refractivity (Wildman–Crippen MR) is 48.6 cm³/mol. The van der Waals surface area contributed by atoms with Crippen molar-refractivity contribution in [3.63, 3.8) is 0 Å². The van der Waals surface area contributed by atoms with Crippen molar-refractivity contribution in [1.29, 1.82) is 0 Å². The zero-order valence-electron chi connectivity index (χ0n) is 6.80. The van der Waals surface area contributed by atoms with E-state index in [0.29, 0.717) is 6.10 Å². The van der Waals surface area contributed by atoms with Crippen LogP contribution in [0.1, 0.15) is 13.8 Å². The largest absolute Gasteiger partial charge is 0.378 e. The summed E-state index contributed by atoms with van der Waals surface area (Å²) >= 11 is 1.85. The summed E-state index contributed by atoms with van der Waals surface area (Å²) in [6.07, 6.45) is 2.28. The molecule has 1 nitrogen and oxygen atoms in total. The fraction of sp³-hybridized carbons (Fsp3) is 0.750. The van der Waals surface area contributed by atoms with Crippen molar-refractivity contribution >= 4 is 11.8 Å². The SMILES string of the molecule is C=CCSCCOC(C)C. The predicted octanol–water partition coefficient (Wildman–Crippen LogP) is 2.33. The molecule has 0 bridgehead atoms. The molecule has 2 heteroatoms. The molecule has 0 rings (SSSR count). The lowest BCUT2D eigenvalue weighted by Gasteiger charge is -2.05. The van der Waals surface area contributed by atoms with Crippen LogP contribution in [-0.2, 0) is 4.74 Å². The first-order valence-corrected chi connectivity index (χ1v) is 4.73. The Bertz CT molecular complexity index is 81.3. The molecule has 0 spiro atoms. The lowest BCUT2D eigenvalue weighted by Crippen LogP contribution is -2.05. The molecule has 0 aliphatic heterocycles. The van der Waals surface area contributed by atoms with E-state index in [0.717, 1.165) is 18.1 Å². The highest BCUT2D eigenvalue weighted by atomic mass is 32.2. The maximum Gasteiger partial charge on any atom is 0.0560 e. The summed E-state index contributed by atoms with van der Waals surface area (Å²) in [7, 11) is 0. The third kappa shape index (κ3) is 8.05. The van der Waals surface area contributed by atoms with Crippen molar-refractivity contribution in [3.05, 3.63) is 12.7 Å². The number of hydrogen-bond acceptors (Lipinski definition) is 2. The van der Waals surface area contributed by atoms with E-state index in [2.05, 4.69) is 20.4 Å². The van der Waals surface area contributed by atoms with E-state index in [1.165, 1.54) is 0 Å². The lowest BCUT2D eigenvalue weighted by molar-refractivity contribution is 0.0921. The second kappa shape index (κ2) is 7.16. The Morgan fingerprint density at radius 1 is 1.60 bits per heavy atom. The summed E-state index contributed by atoms with van der Waals surface area (Å²) in [6, 6.07) is 0. The van der Waals surface area contributed by atoms with Gasteiger partial charge in [-0.15, -0.1) is 6.58 Å². The van der Waals surface area contributed by atoms with Crippen molar-refractivity contribution in [1.82, 2.24) is 0 Å². The minimum absolute atomic E-state index is 0.365. The van der Waals surface area contributed by atoms with Crippen LogP contribution in [-0.4, -0.2) is 24.2 Å². The van der Waals surface area contributed by atoms with Crippen LogP contribution >= 0.6 is 11.8 Å². The van der Waals surface area contributed by atoms with Crippen molar-refractivity contribution in [2.45, 2.75) is 20.0 Å². The fourth-order valence-corrected chi connectivity index (χ4v) is 1.06. The summed E-state index contributed by atoms with van der Waals surface area (Å²) in [5.74, 6) is 2.10. The van der Waals surface area contributed by atoms with Gasteiger partial charge in [0.15, 0.2) is 0 Å². The Labute approximate surface area is 67.8 Å². The van der Waals surface area contributed by atoms with Gasteiger partial charge in [0.1, 0.15) is 0 Å². The van der Waals surface area contributed by atoms with E-state index in [1.54, 1.807) is 0 Å². The first-order chi connectivity index (χ1) is 4.77. The molecule has 0 fully saturated rings. The topological polar surface area (TPSA) is 9.23 Å². The molecule has 0 amide bonds. The molecule has 0 aliphatic rings. The van der Waals surface area contributed by atoms with E-state index in [4.69, 9.17) is 4.74 Å². The van der Waals surface area contributed by atoms with Gasteiger partial charge in [-0.05, 0) is 13.8 Å². The molecule has 0 unspecified atom stereocenters. The van der Waals surface area contributed by atoms with Crippen molar-refractivity contribution in [3.8, 4) is 0 Å². The standard InChI is InChI=1S/C8H16OS/c1-4-6-10-7-5-9-8(2)3/h4,8H,1,5-7H2,2-3H3. The van der Waals surface area contributed by atoms with Gasteiger partial charge in [0.05, 0.1) is 12.7 Å². The van der Waals surface area contributed by atoms with Crippen LogP contribution < -0.4 is 0 Å². The Morgan fingerprint density at radius 3 is 2.80 bits per heavy atom. The minimum Gasteiger partial charge on any atom is -0.378 e. The van der Waals surface area contributed by atoms with Gasteiger partial charge in [-0.3, -0.25) is 0 Å². The molecular weight excluding hydrogens is 144 g/mol. The number of ether oxygens (including phenoxy) is 1. The van der Waals surface area contributed by atoms with Crippen LogP contribution in [0.5, 0.6) is 0 Å². The van der Waals surface area contributed by atoms with Gasteiger partial charge in [-0.2, -0.15) is 11.8 Å². The molecule has 0 saturated heterocycles. The van der Waals surface area contributed by atoms with Crippen molar-refractivity contribution < 1.29 is 4.74 Å². The molecular formula is C8H16OS.